The molecule has 0 aliphatic carbocycles. The number of rotatable bonds is 4. The third kappa shape index (κ3) is 4.08. The van der Waals surface area contributed by atoms with Gasteiger partial charge in [-0.1, -0.05) is 16.8 Å². The highest BCUT2D eigenvalue weighted by atomic mass is 35.5. The topological polar surface area (TPSA) is 103 Å². The van der Waals surface area contributed by atoms with E-state index in [0.29, 0.717) is 0 Å². The number of carbonyl (C=O) groups is 1. The smallest absolute Gasteiger partial charge is 0.431 e. The molecule has 30 heavy (non-hydrogen) atoms. The first-order chi connectivity index (χ1) is 14.0. The van der Waals surface area contributed by atoms with Gasteiger partial charge in [0.25, 0.3) is 5.56 Å². The van der Waals surface area contributed by atoms with Gasteiger partial charge in [-0.15, -0.1) is 0 Å². The van der Waals surface area contributed by atoms with E-state index in [1.807, 2.05) is 0 Å². The van der Waals surface area contributed by atoms with Gasteiger partial charge in [0.2, 0.25) is 6.10 Å². The Morgan fingerprint density at radius 1 is 1.37 bits per heavy atom. The van der Waals surface area contributed by atoms with Crippen molar-refractivity contribution in [2.75, 3.05) is 6.61 Å². The molecule has 8 nitrogen and oxygen atoms in total. The van der Waals surface area contributed by atoms with Crippen molar-refractivity contribution >= 4 is 23.3 Å². The molecule has 3 rings (SSSR count). The lowest BCUT2D eigenvalue weighted by molar-refractivity contribution is -0.154. The summed E-state index contributed by atoms with van der Waals surface area (Å²) in [5.74, 6) is -1.83. The van der Waals surface area contributed by atoms with Crippen LogP contribution in [-0.4, -0.2) is 33.9 Å². The van der Waals surface area contributed by atoms with E-state index in [1.54, 1.807) is 6.92 Å². The van der Waals surface area contributed by atoms with Crippen molar-refractivity contribution in [2.45, 2.75) is 25.6 Å². The van der Waals surface area contributed by atoms with Crippen LogP contribution >= 0.6 is 11.6 Å². The summed E-state index contributed by atoms with van der Waals surface area (Å²) in [6, 6.07) is 1.84. The van der Waals surface area contributed by atoms with Crippen molar-refractivity contribution < 1.29 is 31.9 Å². The van der Waals surface area contributed by atoms with Crippen LogP contribution in [0.5, 0.6) is 0 Å². The van der Waals surface area contributed by atoms with E-state index in [0.717, 1.165) is 12.1 Å². The SMILES string of the molecule is CCOC(=O)C1CC(c2cc(-n3c(=O)cc(C(F)(F)F)[nH]c3=O)c(F)cc2Cl)=NO1. The number of ether oxygens (including phenoxy) is 1. The first-order valence-electron chi connectivity index (χ1n) is 8.35. The summed E-state index contributed by atoms with van der Waals surface area (Å²) in [6.45, 7) is 1.70. The maximum Gasteiger partial charge on any atom is 0.431 e. The fourth-order valence-electron chi connectivity index (χ4n) is 2.70. The molecule has 1 aliphatic rings. The van der Waals surface area contributed by atoms with Crippen LogP contribution in [-0.2, 0) is 20.5 Å². The van der Waals surface area contributed by atoms with Crippen LogP contribution in [0.15, 0.2) is 32.9 Å². The molecular formula is C17H12ClF4N3O5. The summed E-state index contributed by atoms with van der Waals surface area (Å²) in [6.07, 6.45) is -6.14. The summed E-state index contributed by atoms with van der Waals surface area (Å²) in [5.41, 5.74) is -5.03. The van der Waals surface area contributed by atoms with Crippen LogP contribution in [0, 0.1) is 5.82 Å². The first kappa shape index (κ1) is 21.6. The van der Waals surface area contributed by atoms with Gasteiger partial charge in [0.05, 0.1) is 23.0 Å². The zero-order chi connectivity index (χ0) is 22.2. The molecule has 1 atom stereocenters. The molecule has 1 unspecified atom stereocenters. The van der Waals surface area contributed by atoms with Gasteiger partial charge in [-0.3, -0.25) is 4.79 Å². The van der Waals surface area contributed by atoms with Crippen molar-refractivity contribution in [2.24, 2.45) is 5.16 Å². The molecule has 0 spiro atoms. The Morgan fingerprint density at radius 2 is 2.07 bits per heavy atom. The molecule has 0 fully saturated rings. The molecule has 2 heterocycles. The number of nitrogens with one attached hydrogen (secondary N) is 1. The van der Waals surface area contributed by atoms with Gasteiger partial charge in [0, 0.05) is 18.1 Å². The van der Waals surface area contributed by atoms with Gasteiger partial charge >= 0.3 is 17.8 Å². The number of benzene rings is 1. The van der Waals surface area contributed by atoms with Gasteiger partial charge in [-0.25, -0.2) is 18.5 Å². The van der Waals surface area contributed by atoms with Gasteiger partial charge in [-0.2, -0.15) is 13.2 Å². The summed E-state index contributed by atoms with van der Waals surface area (Å²) in [7, 11) is 0. The van der Waals surface area contributed by atoms with Crippen LogP contribution < -0.4 is 11.2 Å². The number of H-pyrrole nitrogens is 1. The summed E-state index contributed by atoms with van der Waals surface area (Å²) in [5, 5.41) is 3.51. The van der Waals surface area contributed by atoms with Gasteiger partial charge in [-0.05, 0) is 19.1 Å². The Labute approximate surface area is 169 Å². The number of hydrogen-bond donors (Lipinski definition) is 1. The number of oxime groups is 1. The number of carbonyl (C=O) groups excluding carboxylic acids is 1. The van der Waals surface area contributed by atoms with E-state index >= 15 is 0 Å². The number of nitrogens with zero attached hydrogens (tertiary/aromatic N) is 2. The summed E-state index contributed by atoms with van der Waals surface area (Å²) in [4.78, 5) is 42.4. The van der Waals surface area contributed by atoms with Crippen molar-refractivity contribution in [3.05, 3.63) is 61.1 Å². The lowest BCUT2D eigenvalue weighted by atomic mass is 10.0. The Kier molecular flexibility index (Phi) is 5.70. The van der Waals surface area contributed by atoms with E-state index in [2.05, 4.69) is 5.16 Å². The maximum atomic E-state index is 14.4. The van der Waals surface area contributed by atoms with Gasteiger partial charge < -0.3 is 14.6 Å². The van der Waals surface area contributed by atoms with Crippen LogP contribution in [0.4, 0.5) is 17.6 Å². The zero-order valence-corrected chi connectivity index (χ0v) is 15.8. The highest BCUT2D eigenvalue weighted by Crippen LogP contribution is 2.28. The molecular weight excluding hydrogens is 438 g/mol. The molecule has 160 valence electrons. The minimum Gasteiger partial charge on any atom is -0.463 e. The molecule has 2 aromatic rings. The highest BCUT2D eigenvalue weighted by molar-refractivity contribution is 6.34. The minimum absolute atomic E-state index is 0.0195. The Morgan fingerprint density at radius 3 is 2.67 bits per heavy atom. The van der Waals surface area contributed by atoms with Gasteiger partial charge in [0.1, 0.15) is 11.5 Å². The van der Waals surface area contributed by atoms with Crippen molar-refractivity contribution in [1.29, 1.82) is 0 Å². The standard InChI is InChI=1S/C17H12ClF4N3O5/c1-2-29-15(27)12-5-10(24-30-12)7-3-11(9(19)4-8(7)18)25-14(26)6-13(17(20,21)22)23-16(25)28/h3-4,6,12H,2,5H2,1H3,(H,23,28). The van der Waals surface area contributed by atoms with Crippen molar-refractivity contribution in [3.63, 3.8) is 0 Å². The molecule has 0 saturated heterocycles. The number of halogens is 5. The fourth-order valence-corrected chi connectivity index (χ4v) is 2.96. The normalized spacial score (nSPS) is 16.2. The summed E-state index contributed by atoms with van der Waals surface area (Å²) < 4.78 is 57.7. The molecule has 0 saturated carbocycles. The number of aromatic amines is 1. The van der Waals surface area contributed by atoms with Crippen LogP contribution in [0.25, 0.3) is 5.69 Å². The number of hydrogen-bond acceptors (Lipinski definition) is 6. The third-order valence-corrected chi connectivity index (χ3v) is 4.36. The lowest BCUT2D eigenvalue weighted by Gasteiger charge is -2.12. The molecule has 0 amide bonds. The van der Waals surface area contributed by atoms with E-state index in [9.17, 15) is 31.9 Å². The average Bonchev–Trinajstić information content (AvgIpc) is 3.12. The minimum atomic E-state index is -4.97. The Balaban J connectivity index is 2.05. The average molecular weight is 450 g/mol. The molecule has 1 aliphatic heterocycles. The monoisotopic (exact) mass is 449 g/mol. The molecule has 1 aromatic carbocycles. The van der Waals surface area contributed by atoms with Gasteiger partial charge in [0.15, 0.2) is 0 Å². The van der Waals surface area contributed by atoms with E-state index in [-0.39, 0.29) is 40.0 Å². The largest absolute Gasteiger partial charge is 0.463 e. The molecule has 13 heteroatoms. The molecule has 1 N–H and O–H groups in total. The second-order valence-electron chi connectivity index (χ2n) is 6.03. The van der Waals surface area contributed by atoms with Crippen LogP contribution in [0.2, 0.25) is 5.02 Å². The molecule has 0 radical (unpaired) electrons. The summed E-state index contributed by atoms with van der Waals surface area (Å²) >= 11 is 6.01. The quantitative estimate of drug-likeness (QED) is 0.570. The van der Waals surface area contributed by atoms with Crippen LogP contribution in [0.3, 0.4) is 0 Å². The predicted octanol–water partition coefficient (Wildman–Crippen LogP) is 2.39. The first-order valence-corrected chi connectivity index (χ1v) is 8.73. The molecule has 0 bridgehead atoms. The van der Waals surface area contributed by atoms with Crippen molar-refractivity contribution in [1.82, 2.24) is 9.55 Å². The third-order valence-electron chi connectivity index (χ3n) is 4.04. The highest BCUT2D eigenvalue weighted by Gasteiger charge is 2.34. The second-order valence-corrected chi connectivity index (χ2v) is 6.44. The second kappa shape index (κ2) is 7.94. The van der Waals surface area contributed by atoms with E-state index < -0.39 is 46.7 Å². The maximum absolute atomic E-state index is 14.4. The Bertz CT molecular complexity index is 1120. The molecule has 1 aromatic heterocycles. The Hall–Kier alpha value is -3.15. The number of esters is 1. The van der Waals surface area contributed by atoms with E-state index in [4.69, 9.17) is 21.2 Å². The van der Waals surface area contributed by atoms with Crippen LogP contribution in [0.1, 0.15) is 24.6 Å². The fraction of sp³-hybridized carbons (Fsp3) is 0.294. The number of aromatic nitrogens is 2. The lowest BCUT2D eigenvalue weighted by Crippen LogP contribution is -2.36. The number of alkyl halides is 3. The predicted molar refractivity (Wildman–Crippen MR) is 95.3 cm³/mol. The zero-order valence-electron chi connectivity index (χ0n) is 15.0. The van der Waals surface area contributed by atoms with E-state index in [1.165, 1.54) is 4.98 Å². The van der Waals surface area contributed by atoms with Crippen molar-refractivity contribution in [3.8, 4) is 5.69 Å².